The number of aromatic nitrogens is 4. The van der Waals surface area contributed by atoms with Gasteiger partial charge in [0.15, 0.2) is 11.0 Å². The minimum Gasteiger partial charge on any atom is -0.338 e. The van der Waals surface area contributed by atoms with Crippen LogP contribution in [0.1, 0.15) is 47.2 Å². The summed E-state index contributed by atoms with van der Waals surface area (Å²) in [6.45, 7) is 3.76. The van der Waals surface area contributed by atoms with Crippen LogP contribution >= 0.6 is 34.7 Å². The third-order valence-electron chi connectivity index (χ3n) is 5.22. The van der Waals surface area contributed by atoms with Crippen LogP contribution in [0.4, 0.5) is 0 Å². The van der Waals surface area contributed by atoms with Crippen molar-refractivity contribution in [3.05, 3.63) is 61.8 Å². The molecule has 0 N–H and O–H groups in total. The normalized spacial score (nSPS) is 14.8. The summed E-state index contributed by atoms with van der Waals surface area (Å²) in [7, 11) is 0. The van der Waals surface area contributed by atoms with Crippen LogP contribution in [0.5, 0.6) is 0 Å². The fourth-order valence-corrected chi connectivity index (χ4v) is 6.16. The molecule has 0 bridgehead atoms. The summed E-state index contributed by atoms with van der Waals surface area (Å²) in [6.07, 6.45) is 4.25. The van der Waals surface area contributed by atoms with Crippen LogP contribution in [-0.2, 0) is 12.8 Å². The monoisotopic (exact) mass is 458 g/mol. The Hall–Kier alpha value is -2.16. The second kappa shape index (κ2) is 7.83. The molecule has 1 aliphatic rings. The molecule has 3 aromatic heterocycles. The molecule has 154 valence electrons. The number of halogens is 1. The van der Waals surface area contributed by atoms with Crippen molar-refractivity contribution in [2.45, 2.75) is 49.9 Å². The summed E-state index contributed by atoms with van der Waals surface area (Å²) in [4.78, 5) is 25.1. The zero-order valence-electron chi connectivity index (χ0n) is 16.5. The molecule has 3 heterocycles. The first-order valence-corrected chi connectivity index (χ1v) is 11.9. The number of rotatable bonds is 4. The van der Waals surface area contributed by atoms with Crippen molar-refractivity contribution in [3.8, 4) is 5.69 Å². The number of hydrogen-bond donors (Lipinski definition) is 0. The number of nitrogens with zero attached hydrogens (tertiary/aromatic N) is 4. The van der Waals surface area contributed by atoms with Crippen LogP contribution < -0.4 is 5.56 Å². The number of aryl methyl sites for hydroxylation is 3. The van der Waals surface area contributed by atoms with E-state index in [2.05, 4.69) is 10.1 Å². The Morgan fingerprint density at radius 2 is 1.97 bits per heavy atom. The second-order valence-corrected chi connectivity index (χ2v) is 10.2. The topological polar surface area (TPSA) is 73.8 Å². The number of thioether (sulfide) groups is 1. The molecule has 6 nitrogen and oxygen atoms in total. The molecular formula is C21H19ClN4O2S2. The van der Waals surface area contributed by atoms with Gasteiger partial charge < -0.3 is 4.52 Å². The molecule has 5 rings (SSSR count). The minimum absolute atomic E-state index is 0.0295. The molecule has 0 amide bonds. The molecule has 1 aromatic carbocycles. The van der Waals surface area contributed by atoms with Crippen molar-refractivity contribution in [2.75, 3.05) is 0 Å². The largest absolute Gasteiger partial charge is 0.338 e. The highest BCUT2D eigenvalue weighted by Crippen LogP contribution is 2.38. The third-order valence-corrected chi connectivity index (χ3v) is 7.69. The highest BCUT2D eigenvalue weighted by molar-refractivity contribution is 7.99. The molecule has 0 saturated carbocycles. The average molecular weight is 459 g/mol. The maximum Gasteiger partial charge on any atom is 0.267 e. The van der Waals surface area contributed by atoms with Crippen molar-refractivity contribution >= 4 is 44.9 Å². The summed E-state index contributed by atoms with van der Waals surface area (Å²) in [5.41, 5.74) is 1.89. The average Bonchev–Trinajstić information content (AvgIpc) is 3.32. The molecule has 1 aliphatic carbocycles. The van der Waals surface area contributed by atoms with Crippen LogP contribution in [0.15, 0.2) is 38.7 Å². The summed E-state index contributed by atoms with van der Waals surface area (Å²) >= 11 is 9.17. The molecule has 9 heteroatoms. The standard InChI is InChI=1S/C21H19ClN4O2S2/c1-11(18-23-12(2)25-28-18)29-21-24-19-17(15-5-3-4-6-16(15)30-19)20(27)26(21)14-9-7-13(22)8-10-14/h7-11H,3-6H2,1-2H3. The predicted octanol–water partition coefficient (Wildman–Crippen LogP) is 5.52. The smallest absolute Gasteiger partial charge is 0.267 e. The van der Waals surface area contributed by atoms with E-state index in [1.165, 1.54) is 28.6 Å². The summed E-state index contributed by atoms with van der Waals surface area (Å²) < 4.78 is 7.02. The zero-order chi connectivity index (χ0) is 20.8. The van der Waals surface area contributed by atoms with Crippen LogP contribution in [0, 0.1) is 6.92 Å². The molecule has 0 saturated heterocycles. The molecular weight excluding hydrogens is 440 g/mol. The summed E-state index contributed by atoms with van der Waals surface area (Å²) in [5, 5.41) is 5.72. The van der Waals surface area contributed by atoms with Crippen LogP contribution in [0.25, 0.3) is 15.9 Å². The predicted molar refractivity (Wildman–Crippen MR) is 120 cm³/mol. The van der Waals surface area contributed by atoms with E-state index in [4.69, 9.17) is 21.1 Å². The fourth-order valence-electron chi connectivity index (χ4n) is 3.77. The van der Waals surface area contributed by atoms with Gasteiger partial charge in [0, 0.05) is 9.90 Å². The van der Waals surface area contributed by atoms with Gasteiger partial charge in [-0.1, -0.05) is 28.5 Å². The van der Waals surface area contributed by atoms with Gasteiger partial charge in [0.25, 0.3) is 5.56 Å². The summed E-state index contributed by atoms with van der Waals surface area (Å²) in [6, 6.07) is 7.27. The third kappa shape index (κ3) is 3.46. The maximum atomic E-state index is 13.7. The lowest BCUT2D eigenvalue weighted by molar-refractivity contribution is 0.376. The van der Waals surface area contributed by atoms with Crippen molar-refractivity contribution in [1.29, 1.82) is 0 Å². The molecule has 1 atom stereocenters. The van der Waals surface area contributed by atoms with Gasteiger partial charge in [-0.25, -0.2) is 4.98 Å². The maximum absolute atomic E-state index is 13.7. The highest BCUT2D eigenvalue weighted by Gasteiger charge is 2.25. The van der Waals surface area contributed by atoms with Crippen molar-refractivity contribution in [3.63, 3.8) is 0 Å². The first-order chi connectivity index (χ1) is 14.5. The van der Waals surface area contributed by atoms with E-state index in [1.54, 1.807) is 35.0 Å². The van der Waals surface area contributed by atoms with E-state index in [9.17, 15) is 4.79 Å². The Kier molecular flexibility index (Phi) is 5.16. The quantitative estimate of drug-likeness (QED) is 0.296. The Balaban J connectivity index is 1.70. The van der Waals surface area contributed by atoms with E-state index >= 15 is 0 Å². The zero-order valence-corrected chi connectivity index (χ0v) is 18.9. The lowest BCUT2D eigenvalue weighted by Gasteiger charge is -2.15. The van der Waals surface area contributed by atoms with Crippen LogP contribution in [0.2, 0.25) is 5.02 Å². The molecule has 0 fully saturated rings. The molecule has 0 spiro atoms. The number of benzene rings is 1. The van der Waals surface area contributed by atoms with Crippen LogP contribution in [0.3, 0.4) is 0 Å². The molecule has 30 heavy (non-hydrogen) atoms. The van der Waals surface area contributed by atoms with Gasteiger partial charge in [0.05, 0.1) is 16.3 Å². The Bertz CT molecular complexity index is 1290. The van der Waals surface area contributed by atoms with E-state index in [0.717, 1.165) is 35.2 Å². The lowest BCUT2D eigenvalue weighted by Crippen LogP contribution is -2.22. The SMILES string of the molecule is Cc1noc(C(C)Sc2nc3sc4c(c3c(=O)n2-c2ccc(Cl)cc2)CCCC4)n1. The van der Waals surface area contributed by atoms with E-state index in [-0.39, 0.29) is 10.8 Å². The van der Waals surface area contributed by atoms with E-state index in [1.807, 2.05) is 19.1 Å². The van der Waals surface area contributed by atoms with Gasteiger partial charge in [-0.15, -0.1) is 11.3 Å². The minimum atomic E-state index is -0.149. The van der Waals surface area contributed by atoms with Gasteiger partial charge >= 0.3 is 0 Å². The molecule has 4 aromatic rings. The van der Waals surface area contributed by atoms with Crippen molar-refractivity contribution < 1.29 is 4.52 Å². The number of fused-ring (bicyclic) bond motifs is 3. The van der Waals surface area contributed by atoms with Crippen molar-refractivity contribution in [2.24, 2.45) is 0 Å². The Morgan fingerprint density at radius 3 is 2.70 bits per heavy atom. The number of hydrogen-bond acceptors (Lipinski definition) is 7. The molecule has 0 radical (unpaired) electrons. The van der Waals surface area contributed by atoms with Gasteiger partial charge in [-0.05, 0) is 69.4 Å². The Labute approximate surface area is 186 Å². The highest BCUT2D eigenvalue weighted by atomic mass is 35.5. The first kappa shape index (κ1) is 19.8. The molecule has 0 aliphatic heterocycles. The fraction of sp³-hybridized carbons (Fsp3) is 0.333. The lowest BCUT2D eigenvalue weighted by atomic mass is 9.97. The van der Waals surface area contributed by atoms with E-state index < -0.39 is 0 Å². The van der Waals surface area contributed by atoms with Gasteiger partial charge in [0.2, 0.25) is 5.89 Å². The van der Waals surface area contributed by atoms with Gasteiger partial charge in [-0.2, -0.15) is 4.98 Å². The second-order valence-electron chi connectivity index (χ2n) is 7.34. The molecule has 1 unspecified atom stereocenters. The van der Waals surface area contributed by atoms with Gasteiger partial charge in [0.1, 0.15) is 4.83 Å². The summed E-state index contributed by atoms with van der Waals surface area (Å²) in [5.74, 6) is 1.10. The first-order valence-electron chi connectivity index (χ1n) is 9.81. The van der Waals surface area contributed by atoms with Crippen molar-refractivity contribution in [1.82, 2.24) is 19.7 Å². The van der Waals surface area contributed by atoms with Crippen LogP contribution in [-0.4, -0.2) is 19.7 Å². The number of thiophene rings is 1. The Morgan fingerprint density at radius 1 is 1.20 bits per heavy atom. The van der Waals surface area contributed by atoms with Gasteiger partial charge in [-0.3, -0.25) is 9.36 Å². The van der Waals surface area contributed by atoms with E-state index in [0.29, 0.717) is 21.9 Å².